The van der Waals surface area contributed by atoms with Gasteiger partial charge < -0.3 is 4.90 Å². The molecule has 0 atom stereocenters. The molecule has 0 aromatic heterocycles. The van der Waals surface area contributed by atoms with Gasteiger partial charge in [0, 0.05) is 19.6 Å². The summed E-state index contributed by atoms with van der Waals surface area (Å²) in [7, 11) is -3.40. The third-order valence-electron chi connectivity index (χ3n) is 5.33. The topological polar surface area (TPSA) is 57.7 Å². The van der Waals surface area contributed by atoms with Crippen LogP contribution in [0.4, 0.5) is 0 Å². The van der Waals surface area contributed by atoms with Crippen LogP contribution in [-0.4, -0.2) is 49.4 Å². The monoisotopic (exact) mass is 376 g/mol. The molecule has 0 saturated heterocycles. The van der Waals surface area contributed by atoms with Gasteiger partial charge in [-0.15, -0.1) is 0 Å². The fourth-order valence-corrected chi connectivity index (χ4v) is 4.49. The number of carbonyl (C=O) groups is 1. The van der Waals surface area contributed by atoms with Crippen LogP contribution in [0.1, 0.15) is 43.2 Å². The third kappa shape index (κ3) is 4.95. The summed E-state index contributed by atoms with van der Waals surface area (Å²) in [4.78, 5) is 14.5. The zero-order valence-corrected chi connectivity index (χ0v) is 16.3. The summed E-state index contributed by atoms with van der Waals surface area (Å²) in [6.45, 7) is 1.55. The van der Waals surface area contributed by atoms with E-state index < -0.39 is 10.0 Å². The second-order valence-corrected chi connectivity index (χ2v) is 9.27. The largest absolute Gasteiger partial charge is 0.337 e. The average Bonchev–Trinajstić information content (AvgIpc) is 2.64. The van der Waals surface area contributed by atoms with Crippen molar-refractivity contribution in [3.63, 3.8) is 0 Å². The van der Waals surface area contributed by atoms with Gasteiger partial charge >= 0.3 is 0 Å². The number of hydrogen-bond donors (Lipinski definition) is 0. The molecule has 26 heavy (non-hydrogen) atoms. The Balaban J connectivity index is 1.61. The summed E-state index contributed by atoms with van der Waals surface area (Å²) in [5.41, 5.74) is 3.76. The highest BCUT2D eigenvalue weighted by molar-refractivity contribution is 7.88. The Morgan fingerprint density at radius 2 is 1.92 bits per heavy atom. The molecule has 0 fully saturated rings. The smallest absolute Gasteiger partial charge is 0.238 e. The highest BCUT2D eigenvalue weighted by atomic mass is 32.2. The molecule has 1 heterocycles. The Morgan fingerprint density at radius 3 is 2.62 bits per heavy atom. The molecule has 3 rings (SSSR count). The Labute approximate surface area is 156 Å². The minimum atomic E-state index is -3.40. The van der Waals surface area contributed by atoms with Gasteiger partial charge in [-0.25, -0.2) is 8.42 Å². The molecule has 142 valence electrons. The van der Waals surface area contributed by atoms with Crippen molar-refractivity contribution in [1.82, 2.24) is 9.21 Å². The Hall–Kier alpha value is -1.66. The van der Waals surface area contributed by atoms with Crippen LogP contribution in [0.25, 0.3) is 0 Å². The summed E-state index contributed by atoms with van der Waals surface area (Å²) >= 11 is 0. The molecule has 1 aromatic carbocycles. The molecule has 0 N–H and O–H groups in total. The number of sulfonamides is 1. The molecule has 0 radical (unpaired) electrons. The second-order valence-electron chi connectivity index (χ2n) is 7.29. The first-order valence-electron chi connectivity index (χ1n) is 9.41. The molecule has 0 saturated carbocycles. The minimum Gasteiger partial charge on any atom is -0.337 e. The van der Waals surface area contributed by atoms with Gasteiger partial charge in [-0.05, 0) is 49.7 Å². The molecule has 2 aliphatic rings. The van der Waals surface area contributed by atoms with E-state index in [-0.39, 0.29) is 12.5 Å². The van der Waals surface area contributed by atoms with Crippen molar-refractivity contribution in [2.75, 3.05) is 25.9 Å². The quantitative estimate of drug-likeness (QED) is 0.718. The first-order chi connectivity index (χ1) is 12.4. The van der Waals surface area contributed by atoms with Crippen LogP contribution in [0.3, 0.4) is 0 Å². The summed E-state index contributed by atoms with van der Waals surface area (Å²) in [5, 5.41) is 0. The van der Waals surface area contributed by atoms with Crippen LogP contribution in [0.5, 0.6) is 0 Å². The van der Waals surface area contributed by atoms with E-state index >= 15 is 0 Å². The molecule has 1 aromatic rings. The van der Waals surface area contributed by atoms with Crippen molar-refractivity contribution in [3.05, 3.63) is 47.0 Å². The predicted octanol–water partition coefficient (Wildman–Crippen LogP) is 2.72. The van der Waals surface area contributed by atoms with E-state index in [9.17, 15) is 13.2 Å². The maximum Gasteiger partial charge on any atom is 0.238 e. The number of hydrogen-bond acceptors (Lipinski definition) is 3. The fraction of sp³-hybridized carbons (Fsp3) is 0.550. The van der Waals surface area contributed by atoms with Crippen LogP contribution in [0, 0.1) is 0 Å². The normalized spacial score (nSPS) is 17.8. The summed E-state index contributed by atoms with van der Waals surface area (Å²) < 4.78 is 25.7. The van der Waals surface area contributed by atoms with Crippen LogP contribution < -0.4 is 0 Å². The first kappa shape index (κ1) is 19.1. The summed E-state index contributed by atoms with van der Waals surface area (Å²) in [5.74, 6) is -0.109. The molecular formula is C20H28N2O3S. The number of amides is 1. The number of rotatable bonds is 6. The van der Waals surface area contributed by atoms with Gasteiger partial charge in [-0.1, -0.05) is 35.9 Å². The number of fused-ring (bicyclic) bond motifs is 1. The number of nitrogens with zero attached hydrogens (tertiary/aromatic N) is 2. The molecule has 5 nitrogen and oxygen atoms in total. The van der Waals surface area contributed by atoms with E-state index in [1.807, 2.05) is 18.2 Å². The lowest BCUT2D eigenvalue weighted by atomic mass is 9.97. The van der Waals surface area contributed by atoms with E-state index in [4.69, 9.17) is 0 Å². The standard InChI is InChI=1S/C20H28N2O3S/c1-26(24,25)22(14-11-17-7-3-2-4-8-17)16-20(23)21-13-12-18-9-5-6-10-19(18)15-21/h5-7,9-10H,2-4,8,11-16H2,1H3. The molecule has 0 spiro atoms. The SMILES string of the molecule is CS(=O)(=O)N(CCC1=CCCCC1)CC(=O)N1CCc2ccccc2C1. The average molecular weight is 377 g/mol. The van der Waals surface area contributed by atoms with Gasteiger partial charge in [0.15, 0.2) is 0 Å². The van der Waals surface area contributed by atoms with Crippen molar-refractivity contribution >= 4 is 15.9 Å². The molecule has 1 amide bonds. The van der Waals surface area contributed by atoms with Crippen molar-refractivity contribution in [2.45, 2.75) is 45.1 Å². The van der Waals surface area contributed by atoms with Gasteiger partial charge in [0.25, 0.3) is 0 Å². The highest BCUT2D eigenvalue weighted by Crippen LogP contribution is 2.22. The minimum absolute atomic E-state index is 0.0612. The maximum atomic E-state index is 12.7. The van der Waals surface area contributed by atoms with Gasteiger partial charge in [-0.2, -0.15) is 4.31 Å². The second kappa shape index (κ2) is 8.35. The van der Waals surface area contributed by atoms with E-state index in [0.717, 1.165) is 31.2 Å². The molecular weight excluding hydrogens is 348 g/mol. The Morgan fingerprint density at radius 1 is 1.15 bits per heavy atom. The fourth-order valence-electron chi connectivity index (χ4n) is 3.72. The lowest BCUT2D eigenvalue weighted by Crippen LogP contribution is -2.44. The van der Waals surface area contributed by atoms with Crippen molar-refractivity contribution in [1.29, 1.82) is 0 Å². The van der Waals surface area contributed by atoms with Crippen molar-refractivity contribution in [3.8, 4) is 0 Å². The van der Waals surface area contributed by atoms with Crippen LogP contribution in [0.15, 0.2) is 35.9 Å². The van der Waals surface area contributed by atoms with Gasteiger partial charge in [0.1, 0.15) is 0 Å². The van der Waals surface area contributed by atoms with Crippen LogP contribution >= 0.6 is 0 Å². The van der Waals surface area contributed by atoms with E-state index in [0.29, 0.717) is 19.6 Å². The van der Waals surface area contributed by atoms with Gasteiger partial charge in [-0.3, -0.25) is 4.79 Å². The summed E-state index contributed by atoms with van der Waals surface area (Å²) in [6.07, 6.45) is 9.51. The predicted molar refractivity (Wildman–Crippen MR) is 103 cm³/mol. The van der Waals surface area contributed by atoms with Gasteiger partial charge in [0.05, 0.1) is 12.8 Å². The highest BCUT2D eigenvalue weighted by Gasteiger charge is 2.26. The lowest BCUT2D eigenvalue weighted by molar-refractivity contribution is -0.132. The van der Waals surface area contributed by atoms with E-state index in [2.05, 4.69) is 12.1 Å². The number of carbonyl (C=O) groups excluding carboxylic acids is 1. The number of benzene rings is 1. The number of allylic oxidation sites excluding steroid dienone is 1. The molecule has 1 aliphatic heterocycles. The molecule has 0 unspecified atom stereocenters. The third-order valence-corrected chi connectivity index (χ3v) is 6.58. The van der Waals surface area contributed by atoms with Crippen LogP contribution in [-0.2, 0) is 27.8 Å². The van der Waals surface area contributed by atoms with Gasteiger partial charge in [0.2, 0.25) is 15.9 Å². The van der Waals surface area contributed by atoms with Crippen molar-refractivity contribution in [2.24, 2.45) is 0 Å². The zero-order valence-electron chi connectivity index (χ0n) is 15.5. The molecule has 6 heteroatoms. The van der Waals surface area contributed by atoms with E-state index in [1.54, 1.807) is 4.90 Å². The van der Waals surface area contributed by atoms with E-state index in [1.165, 1.54) is 34.5 Å². The maximum absolute atomic E-state index is 12.7. The Kier molecular flexibility index (Phi) is 6.14. The van der Waals surface area contributed by atoms with Crippen LogP contribution in [0.2, 0.25) is 0 Å². The summed E-state index contributed by atoms with van der Waals surface area (Å²) in [6, 6.07) is 8.13. The Bertz CT molecular complexity index is 786. The molecule has 1 aliphatic carbocycles. The molecule has 0 bridgehead atoms. The zero-order chi connectivity index (χ0) is 18.6. The van der Waals surface area contributed by atoms with Crippen molar-refractivity contribution < 1.29 is 13.2 Å². The lowest BCUT2D eigenvalue weighted by Gasteiger charge is -2.31. The first-order valence-corrected chi connectivity index (χ1v) is 11.3.